The first-order chi connectivity index (χ1) is 11.1. The first kappa shape index (κ1) is 19.3. The number of hydrogen-bond donors (Lipinski definition) is 1. The van der Waals surface area contributed by atoms with Crippen LogP contribution in [0.25, 0.3) is 0 Å². The molecule has 0 spiro atoms. The highest BCUT2D eigenvalue weighted by molar-refractivity contribution is 5.68. The molecule has 2 aliphatic rings. The van der Waals surface area contributed by atoms with Crippen molar-refractivity contribution in [2.24, 2.45) is 5.92 Å². The molecule has 140 valence electrons. The van der Waals surface area contributed by atoms with Gasteiger partial charge in [0.25, 0.3) is 0 Å². The Morgan fingerprint density at radius 3 is 2.33 bits per heavy atom. The van der Waals surface area contributed by atoms with E-state index in [1.165, 1.54) is 0 Å². The van der Waals surface area contributed by atoms with Crippen LogP contribution in [0.1, 0.15) is 33.6 Å². The molecule has 5 nitrogen and oxygen atoms in total. The van der Waals surface area contributed by atoms with Crippen molar-refractivity contribution in [2.75, 3.05) is 39.3 Å². The number of carbonyl (C=O) groups excluding carboxylic acids is 1. The van der Waals surface area contributed by atoms with E-state index < -0.39 is 17.8 Å². The summed E-state index contributed by atoms with van der Waals surface area (Å²) in [5, 5.41) is 2.82. The van der Waals surface area contributed by atoms with Crippen molar-refractivity contribution in [2.45, 2.75) is 51.4 Å². The lowest BCUT2D eigenvalue weighted by Gasteiger charge is -2.41. The Kier molecular flexibility index (Phi) is 6.01. The summed E-state index contributed by atoms with van der Waals surface area (Å²) in [5.41, 5.74) is -0.533. The van der Waals surface area contributed by atoms with Gasteiger partial charge in [0.05, 0.1) is 0 Å². The van der Waals surface area contributed by atoms with Crippen LogP contribution in [-0.2, 0) is 4.74 Å². The number of carbonyl (C=O) groups is 1. The minimum atomic E-state index is -4.20. The van der Waals surface area contributed by atoms with E-state index in [1.54, 1.807) is 9.80 Å². The number of alkyl halides is 3. The first-order valence-electron chi connectivity index (χ1n) is 8.55. The topological polar surface area (TPSA) is 44.8 Å². The van der Waals surface area contributed by atoms with E-state index in [2.05, 4.69) is 5.32 Å². The predicted molar refractivity (Wildman–Crippen MR) is 84.8 cm³/mol. The third kappa shape index (κ3) is 5.51. The van der Waals surface area contributed by atoms with Crippen LogP contribution in [0.5, 0.6) is 0 Å². The Bertz CT molecular complexity index is 429. The van der Waals surface area contributed by atoms with Crippen LogP contribution in [-0.4, -0.2) is 73.0 Å². The zero-order valence-electron chi connectivity index (χ0n) is 14.7. The summed E-state index contributed by atoms with van der Waals surface area (Å²) in [4.78, 5) is 15.2. The lowest BCUT2D eigenvalue weighted by molar-refractivity contribution is -0.188. The maximum Gasteiger partial charge on any atom is 0.410 e. The Hall–Kier alpha value is -1.02. The summed E-state index contributed by atoms with van der Waals surface area (Å²) in [6.45, 7) is 7.94. The maximum atomic E-state index is 13.1. The molecule has 2 rings (SSSR count). The second-order valence-corrected chi connectivity index (χ2v) is 7.67. The standard InChI is InChI=1S/C16H28F3N3O2/c1-15(2,3)24-14(23)21-7-4-12(5-8-21)11-22-9-6-20-10-13(22)16(17,18)19/h12-13,20H,4-11H2,1-3H3. The van der Waals surface area contributed by atoms with E-state index >= 15 is 0 Å². The molecule has 1 atom stereocenters. The van der Waals surface area contributed by atoms with Crippen LogP contribution in [0, 0.1) is 5.92 Å². The van der Waals surface area contributed by atoms with Gasteiger partial charge in [0.15, 0.2) is 0 Å². The summed E-state index contributed by atoms with van der Waals surface area (Å²) in [6.07, 6.45) is -3.11. The van der Waals surface area contributed by atoms with Gasteiger partial charge in [0, 0.05) is 39.3 Å². The number of piperazine rings is 1. The van der Waals surface area contributed by atoms with Gasteiger partial charge >= 0.3 is 12.3 Å². The fraction of sp³-hybridized carbons (Fsp3) is 0.938. The van der Waals surface area contributed by atoms with Gasteiger partial charge in [-0.2, -0.15) is 13.2 Å². The van der Waals surface area contributed by atoms with Gasteiger partial charge in [0.1, 0.15) is 11.6 Å². The highest BCUT2D eigenvalue weighted by Gasteiger charge is 2.45. The molecular weight excluding hydrogens is 323 g/mol. The molecule has 0 aromatic rings. The Morgan fingerprint density at radius 2 is 1.79 bits per heavy atom. The zero-order valence-corrected chi connectivity index (χ0v) is 14.7. The molecule has 1 amide bonds. The SMILES string of the molecule is CC(C)(C)OC(=O)N1CCC(CN2CCNCC2C(F)(F)F)CC1. The molecule has 2 heterocycles. The Morgan fingerprint density at radius 1 is 1.17 bits per heavy atom. The number of halogens is 3. The number of piperidine rings is 1. The third-order valence-electron chi connectivity index (χ3n) is 4.49. The highest BCUT2D eigenvalue weighted by atomic mass is 19.4. The van der Waals surface area contributed by atoms with Crippen molar-refractivity contribution in [3.63, 3.8) is 0 Å². The van der Waals surface area contributed by atoms with Gasteiger partial charge in [-0.1, -0.05) is 0 Å². The molecule has 1 N–H and O–H groups in total. The highest BCUT2D eigenvalue weighted by Crippen LogP contribution is 2.28. The minimum absolute atomic E-state index is 0.0414. The quantitative estimate of drug-likeness (QED) is 0.830. The second kappa shape index (κ2) is 7.47. The van der Waals surface area contributed by atoms with Gasteiger partial charge < -0.3 is 15.0 Å². The molecule has 1 unspecified atom stereocenters. The predicted octanol–water partition coefficient (Wildman–Crippen LogP) is 2.47. The van der Waals surface area contributed by atoms with E-state index in [0.717, 1.165) is 0 Å². The van der Waals surface area contributed by atoms with E-state index in [4.69, 9.17) is 4.74 Å². The van der Waals surface area contributed by atoms with Crippen LogP contribution in [0.4, 0.5) is 18.0 Å². The van der Waals surface area contributed by atoms with Crippen molar-refractivity contribution in [3.8, 4) is 0 Å². The molecule has 0 radical (unpaired) electrons. The molecule has 0 aromatic heterocycles. The molecule has 2 fully saturated rings. The van der Waals surface area contributed by atoms with E-state index in [1.807, 2.05) is 20.8 Å². The molecule has 0 aliphatic carbocycles. The van der Waals surface area contributed by atoms with Crippen molar-refractivity contribution in [1.82, 2.24) is 15.1 Å². The number of hydrogen-bond acceptors (Lipinski definition) is 4. The van der Waals surface area contributed by atoms with E-state index in [-0.39, 0.29) is 18.6 Å². The summed E-state index contributed by atoms with van der Waals surface area (Å²) in [5.74, 6) is 0.187. The molecule has 0 aromatic carbocycles. The smallest absolute Gasteiger partial charge is 0.410 e. The number of amides is 1. The number of ether oxygens (including phenoxy) is 1. The van der Waals surface area contributed by atoms with Crippen LogP contribution < -0.4 is 5.32 Å². The fourth-order valence-electron chi connectivity index (χ4n) is 3.24. The lowest BCUT2D eigenvalue weighted by atomic mass is 9.95. The molecule has 0 saturated carbocycles. The van der Waals surface area contributed by atoms with Crippen molar-refractivity contribution < 1.29 is 22.7 Å². The molecular formula is C16H28F3N3O2. The minimum Gasteiger partial charge on any atom is -0.444 e. The van der Waals surface area contributed by atoms with Gasteiger partial charge in [-0.15, -0.1) is 0 Å². The fourth-order valence-corrected chi connectivity index (χ4v) is 3.24. The van der Waals surface area contributed by atoms with E-state index in [9.17, 15) is 18.0 Å². The largest absolute Gasteiger partial charge is 0.444 e. The summed E-state index contributed by atoms with van der Waals surface area (Å²) >= 11 is 0. The van der Waals surface area contributed by atoms with Gasteiger partial charge in [0.2, 0.25) is 0 Å². The number of nitrogens with zero attached hydrogens (tertiary/aromatic N) is 2. The van der Waals surface area contributed by atoms with Crippen molar-refractivity contribution in [1.29, 1.82) is 0 Å². The number of rotatable bonds is 2. The molecule has 8 heteroatoms. The second-order valence-electron chi connectivity index (χ2n) is 7.67. The Balaban J connectivity index is 1.83. The lowest BCUT2D eigenvalue weighted by Crippen LogP contribution is -2.59. The van der Waals surface area contributed by atoms with Crippen LogP contribution in [0.3, 0.4) is 0 Å². The van der Waals surface area contributed by atoms with E-state index in [0.29, 0.717) is 45.6 Å². The monoisotopic (exact) mass is 351 g/mol. The normalized spacial score (nSPS) is 24.9. The Labute approximate surface area is 141 Å². The summed E-state index contributed by atoms with van der Waals surface area (Å²) in [6, 6.07) is -1.41. The molecule has 2 saturated heterocycles. The van der Waals surface area contributed by atoms with Gasteiger partial charge in [-0.3, -0.25) is 4.90 Å². The molecule has 24 heavy (non-hydrogen) atoms. The maximum absolute atomic E-state index is 13.1. The van der Waals surface area contributed by atoms with Crippen LogP contribution >= 0.6 is 0 Å². The third-order valence-corrected chi connectivity index (χ3v) is 4.49. The molecule has 2 aliphatic heterocycles. The number of nitrogens with one attached hydrogen (secondary N) is 1. The zero-order chi connectivity index (χ0) is 18.0. The summed E-state index contributed by atoms with van der Waals surface area (Å²) < 4.78 is 44.7. The van der Waals surface area contributed by atoms with Crippen LogP contribution in [0.15, 0.2) is 0 Å². The average Bonchev–Trinajstić information content (AvgIpc) is 2.45. The molecule has 0 bridgehead atoms. The number of likely N-dealkylation sites (tertiary alicyclic amines) is 1. The summed E-state index contributed by atoms with van der Waals surface area (Å²) in [7, 11) is 0. The van der Waals surface area contributed by atoms with Crippen molar-refractivity contribution in [3.05, 3.63) is 0 Å². The van der Waals surface area contributed by atoms with Gasteiger partial charge in [-0.25, -0.2) is 4.79 Å². The first-order valence-corrected chi connectivity index (χ1v) is 8.55. The van der Waals surface area contributed by atoms with Crippen LogP contribution in [0.2, 0.25) is 0 Å². The van der Waals surface area contributed by atoms with Crippen molar-refractivity contribution >= 4 is 6.09 Å². The average molecular weight is 351 g/mol. The van der Waals surface area contributed by atoms with Gasteiger partial charge in [-0.05, 0) is 39.5 Å².